The maximum Gasteiger partial charge on any atom is 0.0765 e. The molecule has 2 aliphatic rings. The fourth-order valence-electron chi connectivity index (χ4n) is 4.02. The van der Waals surface area contributed by atoms with Crippen LogP contribution in [0.4, 0.5) is 0 Å². The van der Waals surface area contributed by atoms with Gasteiger partial charge in [-0.1, -0.05) is 32.6 Å². The highest BCUT2D eigenvalue weighted by molar-refractivity contribution is 5.05. The zero-order valence-electron chi connectivity index (χ0n) is 11.2. The largest absolute Gasteiger partial charge is 0.389 e. The van der Waals surface area contributed by atoms with Gasteiger partial charge >= 0.3 is 0 Å². The molecule has 0 radical (unpaired) electrons. The maximum atomic E-state index is 11.2. The lowest BCUT2D eigenvalue weighted by Crippen LogP contribution is -2.61. The van der Waals surface area contributed by atoms with Crippen molar-refractivity contribution in [2.24, 2.45) is 17.1 Å². The molecule has 3 nitrogen and oxygen atoms in total. The van der Waals surface area contributed by atoms with Gasteiger partial charge in [0.15, 0.2) is 0 Å². The summed E-state index contributed by atoms with van der Waals surface area (Å²) < 4.78 is 0. The van der Waals surface area contributed by atoms with Gasteiger partial charge in [-0.3, -0.25) is 0 Å². The second-order valence-corrected chi connectivity index (χ2v) is 6.18. The summed E-state index contributed by atoms with van der Waals surface area (Å²) in [5, 5.41) is 14.6. The van der Waals surface area contributed by atoms with Crippen molar-refractivity contribution in [2.45, 2.75) is 57.5 Å². The lowest BCUT2D eigenvalue weighted by atomic mass is 9.59. The summed E-state index contributed by atoms with van der Waals surface area (Å²) in [6.45, 7) is 4.68. The number of nitrogens with one attached hydrogen (secondary N) is 1. The molecule has 3 heteroatoms. The predicted octanol–water partition coefficient (Wildman–Crippen LogP) is 1.65. The maximum absolute atomic E-state index is 11.2. The van der Waals surface area contributed by atoms with Crippen LogP contribution in [0.25, 0.3) is 0 Å². The Morgan fingerprint density at radius 2 is 1.82 bits per heavy atom. The van der Waals surface area contributed by atoms with Crippen LogP contribution >= 0.6 is 0 Å². The molecule has 0 aromatic heterocycles. The molecule has 1 saturated heterocycles. The van der Waals surface area contributed by atoms with Crippen LogP contribution < -0.4 is 11.1 Å². The number of piperidine rings is 1. The molecular weight excluding hydrogens is 212 g/mol. The van der Waals surface area contributed by atoms with Gasteiger partial charge in [-0.15, -0.1) is 0 Å². The fraction of sp³-hybridized carbons (Fsp3) is 1.00. The summed E-state index contributed by atoms with van der Waals surface area (Å²) in [6, 6.07) is 0. The van der Waals surface area contributed by atoms with E-state index in [0.717, 1.165) is 32.4 Å². The molecule has 2 atom stereocenters. The van der Waals surface area contributed by atoms with Crippen LogP contribution in [-0.2, 0) is 0 Å². The first-order valence-corrected chi connectivity index (χ1v) is 7.28. The highest BCUT2D eigenvalue weighted by atomic mass is 16.3. The molecular formula is C14H28N2O. The monoisotopic (exact) mass is 240 g/mol. The van der Waals surface area contributed by atoms with E-state index in [1.807, 2.05) is 0 Å². The lowest BCUT2D eigenvalue weighted by molar-refractivity contribution is -0.140. The molecule has 0 aromatic rings. The van der Waals surface area contributed by atoms with Gasteiger partial charge in [-0.25, -0.2) is 0 Å². The molecule has 1 heterocycles. The van der Waals surface area contributed by atoms with Crippen molar-refractivity contribution in [1.82, 2.24) is 5.32 Å². The van der Waals surface area contributed by atoms with E-state index in [-0.39, 0.29) is 5.41 Å². The molecule has 0 bridgehead atoms. The van der Waals surface area contributed by atoms with Gasteiger partial charge in [-0.2, -0.15) is 0 Å². The van der Waals surface area contributed by atoms with Gasteiger partial charge < -0.3 is 16.2 Å². The molecule has 100 valence electrons. The van der Waals surface area contributed by atoms with Gasteiger partial charge in [0.1, 0.15) is 0 Å². The van der Waals surface area contributed by atoms with Gasteiger partial charge in [-0.05, 0) is 31.7 Å². The first-order valence-electron chi connectivity index (χ1n) is 7.28. The zero-order valence-corrected chi connectivity index (χ0v) is 11.2. The third-order valence-electron chi connectivity index (χ3n) is 5.32. The van der Waals surface area contributed by atoms with Gasteiger partial charge in [0.05, 0.1) is 5.60 Å². The minimum atomic E-state index is -0.544. The van der Waals surface area contributed by atoms with Gasteiger partial charge in [0.25, 0.3) is 0 Å². The molecule has 0 aromatic carbocycles. The van der Waals surface area contributed by atoms with Crippen molar-refractivity contribution >= 4 is 0 Å². The quantitative estimate of drug-likeness (QED) is 0.643. The van der Waals surface area contributed by atoms with E-state index in [2.05, 4.69) is 12.2 Å². The van der Waals surface area contributed by atoms with Crippen LogP contribution in [-0.4, -0.2) is 30.3 Å². The number of hydrogen-bond acceptors (Lipinski definition) is 3. The van der Waals surface area contributed by atoms with Crippen molar-refractivity contribution < 1.29 is 5.11 Å². The Bertz CT molecular complexity index is 249. The highest BCUT2D eigenvalue weighted by Gasteiger charge is 2.52. The Morgan fingerprint density at radius 3 is 2.35 bits per heavy atom. The van der Waals surface area contributed by atoms with E-state index in [1.54, 1.807) is 0 Å². The van der Waals surface area contributed by atoms with Crippen molar-refractivity contribution in [3.8, 4) is 0 Å². The van der Waals surface area contributed by atoms with Crippen molar-refractivity contribution in [3.05, 3.63) is 0 Å². The second-order valence-electron chi connectivity index (χ2n) is 6.18. The molecule has 0 spiro atoms. The fourth-order valence-corrected chi connectivity index (χ4v) is 4.02. The third kappa shape index (κ3) is 2.25. The van der Waals surface area contributed by atoms with Crippen LogP contribution in [0, 0.1) is 11.3 Å². The molecule has 2 unspecified atom stereocenters. The van der Waals surface area contributed by atoms with Crippen LogP contribution in [0.1, 0.15) is 51.9 Å². The molecule has 1 aliphatic carbocycles. The summed E-state index contributed by atoms with van der Waals surface area (Å²) in [6.07, 6.45) is 8.19. The normalized spacial score (nSPS) is 38.6. The van der Waals surface area contributed by atoms with Gasteiger partial charge in [0.2, 0.25) is 0 Å². The first-order chi connectivity index (χ1) is 8.15. The van der Waals surface area contributed by atoms with E-state index < -0.39 is 5.60 Å². The second kappa shape index (κ2) is 5.25. The highest BCUT2D eigenvalue weighted by Crippen LogP contribution is 2.49. The third-order valence-corrected chi connectivity index (χ3v) is 5.32. The van der Waals surface area contributed by atoms with E-state index >= 15 is 0 Å². The molecule has 17 heavy (non-hydrogen) atoms. The topological polar surface area (TPSA) is 58.3 Å². The SMILES string of the molecule is CC1CNCCC1(O)C1(CN)CCCCCC1. The molecule has 2 rings (SSSR count). The summed E-state index contributed by atoms with van der Waals surface area (Å²) in [4.78, 5) is 0. The summed E-state index contributed by atoms with van der Waals surface area (Å²) in [5.74, 6) is 0.317. The molecule has 1 aliphatic heterocycles. The first kappa shape index (κ1) is 13.3. The minimum Gasteiger partial charge on any atom is -0.389 e. The number of hydrogen-bond donors (Lipinski definition) is 3. The molecule has 0 amide bonds. The Hall–Kier alpha value is -0.120. The van der Waals surface area contributed by atoms with Gasteiger partial charge in [0, 0.05) is 18.5 Å². The van der Waals surface area contributed by atoms with Crippen LogP contribution in [0.3, 0.4) is 0 Å². The Balaban J connectivity index is 2.24. The van der Waals surface area contributed by atoms with E-state index in [0.29, 0.717) is 12.5 Å². The number of nitrogens with two attached hydrogens (primary N) is 1. The Labute approximate surface area is 105 Å². The van der Waals surface area contributed by atoms with Crippen molar-refractivity contribution in [3.63, 3.8) is 0 Å². The van der Waals surface area contributed by atoms with E-state index in [4.69, 9.17) is 5.73 Å². The van der Waals surface area contributed by atoms with Crippen LogP contribution in [0.15, 0.2) is 0 Å². The standard InChI is InChI=1S/C14H28N2O/c1-12-10-16-9-8-14(12,17)13(11-15)6-4-2-3-5-7-13/h12,16-17H,2-11,15H2,1H3. The molecule has 4 N–H and O–H groups in total. The lowest BCUT2D eigenvalue weighted by Gasteiger charge is -2.52. The molecule has 1 saturated carbocycles. The summed E-state index contributed by atoms with van der Waals surface area (Å²) in [5.41, 5.74) is 5.54. The van der Waals surface area contributed by atoms with Crippen molar-refractivity contribution in [1.29, 1.82) is 0 Å². The number of aliphatic hydroxyl groups is 1. The average molecular weight is 240 g/mol. The smallest absolute Gasteiger partial charge is 0.0765 e. The number of rotatable bonds is 2. The average Bonchev–Trinajstić information content (AvgIpc) is 2.59. The van der Waals surface area contributed by atoms with E-state index in [9.17, 15) is 5.11 Å². The van der Waals surface area contributed by atoms with Crippen LogP contribution in [0.2, 0.25) is 0 Å². The Morgan fingerprint density at radius 1 is 1.18 bits per heavy atom. The predicted molar refractivity (Wildman–Crippen MR) is 70.8 cm³/mol. The van der Waals surface area contributed by atoms with E-state index in [1.165, 1.54) is 25.7 Å². The van der Waals surface area contributed by atoms with Crippen LogP contribution in [0.5, 0.6) is 0 Å². The Kier molecular flexibility index (Phi) is 4.11. The summed E-state index contributed by atoms with van der Waals surface area (Å²) >= 11 is 0. The summed E-state index contributed by atoms with van der Waals surface area (Å²) in [7, 11) is 0. The van der Waals surface area contributed by atoms with Crippen molar-refractivity contribution in [2.75, 3.05) is 19.6 Å². The molecule has 2 fully saturated rings. The minimum absolute atomic E-state index is 0.0228. The zero-order chi connectivity index (χ0) is 12.4.